The molecule has 7 nitrogen and oxygen atoms in total. The molecule has 4 rings (SSSR count). The van der Waals surface area contributed by atoms with E-state index in [1.54, 1.807) is 62.1 Å². The van der Waals surface area contributed by atoms with Crippen molar-refractivity contribution in [3.63, 3.8) is 0 Å². The van der Waals surface area contributed by atoms with Crippen molar-refractivity contribution in [1.29, 1.82) is 0 Å². The largest absolute Gasteiger partial charge is 0.493 e. The maximum absolute atomic E-state index is 12.7. The minimum Gasteiger partial charge on any atom is -0.493 e. The topological polar surface area (TPSA) is 78.3 Å². The molecule has 9 heteroatoms. The van der Waals surface area contributed by atoms with Crippen LogP contribution in [0.15, 0.2) is 73.3 Å². The van der Waals surface area contributed by atoms with Crippen LogP contribution in [0, 0.1) is 0 Å². The predicted molar refractivity (Wildman–Crippen MR) is 123 cm³/mol. The fourth-order valence-corrected chi connectivity index (χ4v) is 3.44. The summed E-state index contributed by atoms with van der Waals surface area (Å²) in [6.07, 6.45) is 6.45. The normalized spacial score (nSPS) is 10.6. The Morgan fingerprint density at radius 1 is 1.06 bits per heavy atom. The number of ether oxygens (including phenoxy) is 2. The molecule has 0 bridgehead atoms. The second kappa shape index (κ2) is 9.72. The molecule has 0 atom stereocenters. The van der Waals surface area contributed by atoms with Gasteiger partial charge in [0.1, 0.15) is 6.61 Å². The molecule has 0 radical (unpaired) electrons. The van der Waals surface area contributed by atoms with Crippen LogP contribution in [0.1, 0.15) is 15.9 Å². The van der Waals surface area contributed by atoms with Gasteiger partial charge in [0.2, 0.25) is 0 Å². The molecule has 1 N–H and O–H groups in total. The van der Waals surface area contributed by atoms with E-state index in [0.717, 1.165) is 5.56 Å². The van der Waals surface area contributed by atoms with Crippen LogP contribution in [0.4, 0.5) is 5.69 Å². The predicted octanol–water partition coefficient (Wildman–Crippen LogP) is 5.41. The molecule has 1 amide bonds. The zero-order valence-corrected chi connectivity index (χ0v) is 18.5. The van der Waals surface area contributed by atoms with E-state index in [2.05, 4.69) is 15.4 Å². The van der Waals surface area contributed by atoms with Gasteiger partial charge in [-0.3, -0.25) is 9.78 Å². The van der Waals surface area contributed by atoms with Crippen molar-refractivity contribution >= 4 is 34.8 Å². The lowest BCUT2D eigenvalue weighted by molar-refractivity contribution is 0.102. The van der Waals surface area contributed by atoms with Gasteiger partial charge in [-0.05, 0) is 48.0 Å². The number of pyridine rings is 1. The molecular weight excluding hydrogens is 451 g/mol. The number of hydrogen-bond donors (Lipinski definition) is 1. The van der Waals surface area contributed by atoms with Crippen LogP contribution in [0.25, 0.3) is 5.69 Å². The fraction of sp³-hybridized carbons (Fsp3) is 0.0870. The molecule has 0 aliphatic carbocycles. The summed E-state index contributed by atoms with van der Waals surface area (Å²) in [5.74, 6) is 0.736. The SMILES string of the molecule is COc1ccc(NC(=O)c2cnn(-c3ccc(Cl)cc3Cl)c2)cc1OCc1ccncc1. The highest BCUT2D eigenvalue weighted by molar-refractivity contribution is 6.35. The standard InChI is InChI=1S/C23H18Cl2N4O3/c1-31-21-5-3-18(11-22(21)32-14-15-6-8-26-9-7-15)28-23(30)16-12-27-29(13-16)20-4-2-17(24)10-19(20)25/h2-13H,14H2,1H3,(H,28,30). The quantitative estimate of drug-likeness (QED) is 0.392. The highest BCUT2D eigenvalue weighted by Gasteiger charge is 2.13. The van der Waals surface area contributed by atoms with E-state index >= 15 is 0 Å². The van der Waals surface area contributed by atoms with Crippen molar-refractivity contribution in [3.8, 4) is 17.2 Å². The number of amides is 1. The average Bonchev–Trinajstić information content (AvgIpc) is 3.28. The lowest BCUT2D eigenvalue weighted by Gasteiger charge is -2.13. The highest BCUT2D eigenvalue weighted by Crippen LogP contribution is 2.31. The van der Waals surface area contributed by atoms with Gasteiger partial charge >= 0.3 is 0 Å². The van der Waals surface area contributed by atoms with Crippen molar-refractivity contribution < 1.29 is 14.3 Å². The molecule has 0 unspecified atom stereocenters. The maximum Gasteiger partial charge on any atom is 0.258 e. The highest BCUT2D eigenvalue weighted by atomic mass is 35.5. The Morgan fingerprint density at radius 3 is 2.62 bits per heavy atom. The Balaban J connectivity index is 1.49. The second-order valence-corrected chi connectivity index (χ2v) is 7.58. The van der Waals surface area contributed by atoms with Gasteiger partial charge in [0.15, 0.2) is 11.5 Å². The molecule has 0 aliphatic heterocycles. The third-order valence-electron chi connectivity index (χ3n) is 4.57. The van der Waals surface area contributed by atoms with Crippen LogP contribution < -0.4 is 14.8 Å². The van der Waals surface area contributed by atoms with E-state index in [9.17, 15) is 4.79 Å². The van der Waals surface area contributed by atoms with Gasteiger partial charge in [-0.15, -0.1) is 0 Å². The summed E-state index contributed by atoms with van der Waals surface area (Å²) in [5, 5.41) is 8.02. The lowest BCUT2D eigenvalue weighted by atomic mass is 10.2. The van der Waals surface area contributed by atoms with Crippen LogP contribution >= 0.6 is 23.2 Å². The number of aromatic nitrogens is 3. The summed E-state index contributed by atoms with van der Waals surface area (Å²) >= 11 is 12.2. The molecule has 4 aromatic rings. The molecule has 2 aromatic carbocycles. The third kappa shape index (κ3) is 5.01. The first kappa shape index (κ1) is 21.7. The number of rotatable bonds is 7. The van der Waals surface area contributed by atoms with Crippen molar-refractivity contribution in [3.05, 3.63) is 94.5 Å². The summed E-state index contributed by atoms with van der Waals surface area (Å²) in [6.45, 7) is 0.338. The van der Waals surface area contributed by atoms with Crippen LogP contribution in [0.5, 0.6) is 11.5 Å². The smallest absolute Gasteiger partial charge is 0.258 e. The number of anilines is 1. The Hall–Kier alpha value is -3.55. The minimum absolute atomic E-state index is 0.327. The van der Waals surface area contributed by atoms with Crippen molar-refractivity contribution in [1.82, 2.24) is 14.8 Å². The van der Waals surface area contributed by atoms with E-state index in [1.807, 2.05) is 12.1 Å². The van der Waals surface area contributed by atoms with Gasteiger partial charge in [0.25, 0.3) is 5.91 Å². The van der Waals surface area contributed by atoms with Gasteiger partial charge in [-0.2, -0.15) is 5.10 Å². The molecule has 2 aromatic heterocycles. The molecule has 162 valence electrons. The van der Waals surface area contributed by atoms with Gasteiger partial charge in [0, 0.05) is 35.4 Å². The summed E-state index contributed by atoms with van der Waals surface area (Å²) < 4.78 is 12.8. The Morgan fingerprint density at radius 2 is 1.88 bits per heavy atom. The van der Waals surface area contributed by atoms with Gasteiger partial charge in [-0.1, -0.05) is 23.2 Å². The average molecular weight is 469 g/mol. The molecule has 2 heterocycles. The molecular formula is C23H18Cl2N4O3. The third-order valence-corrected chi connectivity index (χ3v) is 5.10. The number of nitrogens with zero attached hydrogens (tertiary/aromatic N) is 3. The first-order chi connectivity index (χ1) is 15.5. The molecule has 0 fully saturated rings. The van der Waals surface area contributed by atoms with E-state index in [0.29, 0.717) is 45.1 Å². The fourth-order valence-electron chi connectivity index (χ4n) is 2.95. The minimum atomic E-state index is -0.327. The number of nitrogens with one attached hydrogen (secondary N) is 1. The van der Waals surface area contributed by atoms with Gasteiger partial charge < -0.3 is 14.8 Å². The number of carbonyl (C=O) groups excluding carboxylic acids is 1. The number of halogens is 2. The number of hydrogen-bond acceptors (Lipinski definition) is 5. The van der Waals surface area contributed by atoms with Gasteiger partial charge in [-0.25, -0.2) is 4.68 Å². The van der Waals surface area contributed by atoms with Crippen LogP contribution in [0.3, 0.4) is 0 Å². The number of methoxy groups -OCH3 is 1. The molecule has 32 heavy (non-hydrogen) atoms. The summed E-state index contributed by atoms with van der Waals surface area (Å²) in [6, 6.07) is 13.9. The maximum atomic E-state index is 12.7. The number of benzene rings is 2. The monoisotopic (exact) mass is 468 g/mol. The summed E-state index contributed by atoms with van der Waals surface area (Å²) in [5.41, 5.74) is 2.50. The van der Waals surface area contributed by atoms with Crippen LogP contribution in [-0.2, 0) is 6.61 Å². The van der Waals surface area contributed by atoms with E-state index in [4.69, 9.17) is 32.7 Å². The molecule has 0 saturated carbocycles. The Kier molecular flexibility index (Phi) is 6.58. The molecule has 0 aliphatic rings. The lowest BCUT2D eigenvalue weighted by Crippen LogP contribution is -2.11. The van der Waals surface area contributed by atoms with Crippen LogP contribution in [-0.4, -0.2) is 27.8 Å². The number of carbonyl (C=O) groups is 1. The summed E-state index contributed by atoms with van der Waals surface area (Å²) in [4.78, 5) is 16.7. The first-order valence-electron chi connectivity index (χ1n) is 9.54. The molecule has 0 saturated heterocycles. The summed E-state index contributed by atoms with van der Waals surface area (Å²) in [7, 11) is 1.56. The van der Waals surface area contributed by atoms with Gasteiger partial charge in [0.05, 0.1) is 29.6 Å². The Labute approximate surface area is 194 Å². The van der Waals surface area contributed by atoms with E-state index in [1.165, 1.54) is 10.9 Å². The zero-order chi connectivity index (χ0) is 22.5. The van der Waals surface area contributed by atoms with Crippen molar-refractivity contribution in [2.45, 2.75) is 6.61 Å². The zero-order valence-electron chi connectivity index (χ0n) is 17.0. The first-order valence-corrected chi connectivity index (χ1v) is 10.3. The van der Waals surface area contributed by atoms with E-state index in [-0.39, 0.29) is 5.91 Å². The second-order valence-electron chi connectivity index (χ2n) is 6.73. The van der Waals surface area contributed by atoms with Crippen molar-refractivity contribution in [2.24, 2.45) is 0 Å². The molecule has 0 spiro atoms. The Bertz CT molecular complexity index is 1250. The van der Waals surface area contributed by atoms with Crippen LogP contribution in [0.2, 0.25) is 10.0 Å². The van der Waals surface area contributed by atoms with E-state index < -0.39 is 0 Å². The van der Waals surface area contributed by atoms with Crippen molar-refractivity contribution in [2.75, 3.05) is 12.4 Å².